The number of nitrogens with zero attached hydrogens (tertiary/aromatic N) is 1. The van der Waals surface area contributed by atoms with E-state index in [0.29, 0.717) is 5.75 Å². The Morgan fingerprint density at radius 3 is 2.53 bits per heavy atom. The van der Waals surface area contributed by atoms with Crippen molar-refractivity contribution in [1.29, 1.82) is 0 Å². The van der Waals surface area contributed by atoms with Gasteiger partial charge in [0.2, 0.25) is 10.0 Å². The average molecular weight is 288 g/mol. The molecule has 1 aliphatic carbocycles. The monoisotopic (exact) mass is 288 g/mol. The predicted molar refractivity (Wildman–Crippen MR) is 78.7 cm³/mol. The third-order valence-corrected chi connectivity index (χ3v) is 6.45. The summed E-state index contributed by atoms with van der Waals surface area (Å²) in [4.78, 5) is 0. The lowest BCUT2D eigenvalue weighted by Gasteiger charge is -2.27. The Kier molecular flexibility index (Phi) is 5.26. The van der Waals surface area contributed by atoms with Crippen molar-refractivity contribution >= 4 is 10.0 Å². The van der Waals surface area contributed by atoms with Gasteiger partial charge >= 0.3 is 0 Å². The second-order valence-electron chi connectivity index (χ2n) is 6.07. The van der Waals surface area contributed by atoms with Crippen molar-refractivity contribution in [2.45, 2.75) is 76.9 Å². The Labute approximate surface area is 118 Å². The van der Waals surface area contributed by atoms with Crippen molar-refractivity contribution < 1.29 is 8.42 Å². The maximum Gasteiger partial charge on any atom is 0.214 e. The van der Waals surface area contributed by atoms with E-state index >= 15 is 0 Å². The summed E-state index contributed by atoms with van der Waals surface area (Å²) in [6, 6.07) is 1.16. The molecule has 1 saturated heterocycles. The Morgan fingerprint density at radius 1 is 1.16 bits per heavy atom. The van der Waals surface area contributed by atoms with E-state index in [1.807, 2.05) is 6.92 Å². The highest BCUT2D eigenvalue weighted by Gasteiger charge is 2.37. The van der Waals surface area contributed by atoms with Gasteiger partial charge in [-0.25, -0.2) is 8.42 Å². The first-order valence-corrected chi connectivity index (χ1v) is 9.40. The zero-order chi connectivity index (χ0) is 13.9. The lowest BCUT2D eigenvalue weighted by atomic mass is 10.2. The lowest BCUT2D eigenvalue weighted by molar-refractivity contribution is 0.328. The van der Waals surface area contributed by atoms with Crippen LogP contribution in [0.5, 0.6) is 0 Å². The first-order chi connectivity index (χ1) is 9.04. The first kappa shape index (κ1) is 15.3. The molecule has 1 heterocycles. The van der Waals surface area contributed by atoms with Crippen LogP contribution < -0.4 is 5.32 Å². The molecular formula is C14H28N2O2S. The molecule has 4 nitrogen and oxygen atoms in total. The van der Waals surface area contributed by atoms with Crippen LogP contribution >= 0.6 is 0 Å². The van der Waals surface area contributed by atoms with Gasteiger partial charge in [0.05, 0.1) is 5.75 Å². The minimum atomic E-state index is -3.05. The second kappa shape index (κ2) is 6.55. The number of sulfonamides is 1. The van der Waals surface area contributed by atoms with Gasteiger partial charge in [-0.3, -0.25) is 0 Å². The molecule has 0 amide bonds. The van der Waals surface area contributed by atoms with Crippen LogP contribution in [0.2, 0.25) is 0 Å². The Hall–Kier alpha value is -0.130. The van der Waals surface area contributed by atoms with Crippen molar-refractivity contribution in [2.24, 2.45) is 0 Å². The predicted octanol–water partition coefficient (Wildman–Crippen LogP) is 2.11. The molecule has 0 aromatic rings. The van der Waals surface area contributed by atoms with Crippen LogP contribution in [0.1, 0.15) is 58.8 Å². The molecule has 1 saturated carbocycles. The highest BCUT2D eigenvalue weighted by Crippen LogP contribution is 2.29. The highest BCUT2D eigenvalue weighted by molar-refractivity contribution is 7.89. The van der Waals surface area contributed by atoms with Gasteiger partial charge in [0.1, 0.15) is 0 Å². The average Bonchev–Trinajstić information content (AvgIpc) is 3.10. The minimum Gasteiger partial charge on any atom is -0.314 e. The quantitative estimate of drug-likeness (QED) is 0.696. The maximum absolute atomic E-state index is 12.4. The van der Waals surface area contributed by atoms with E-state index in [1.165, 1.54) is 12.8 Å². The molecule has 2 atom stereocenters. The van der Waals surface area contributed by atoms with E-state index < -0.39 is 10.0 Å². The molecule has 5 heteroatoms. The van der Waals surface area contributed by atoms with Gasteiger partial charge in [0.15, 0.2) is 0 Å². The van der Waals surface area contributed by atoms with Gasteiger partial charge in [0.25, 0.3) is 0 Å². The number of rotatable bonds is 8. The molecule has 0 aromatic carbocycles. The zero-order valence-corrected chi connectivity index (χ0v) is 13.1. The van der Waals surface area contributed by atoms with E-state index in [-0.39, 0.29) is 12.1 Å². The fraction of sp³-hybridized carbons (Fsp3) is 1.00. The zero-order valence-electron chi connectivity index (χ0n) is 12.3. The molecule has 112 valence electrons. The van der Waals surface area contributed by atoms with Crippen molar-refractivity contribution in [3.63, 3.8) is 0 Å². The van der Waals surface area contributed by atoms with Gasteiger partial charge < -0.3 is 5.32 Å². The maximum atomic E-state index is 12.4. The summed E-state index contributed by atoms with van der Waals surface area (Å²) in [5, 5.41) is 3.43. The largest absolute Gasteiger partial charge is 0.314 e. The summed E-state index contributed by atoms with van der Waals surface area (Å²) < 4.78 is 26.6. The highest BCUT2D eigenvalue weighted by atomic mass is 32.2. The summed E-state index contributed by atoms with van der Waals surface area (Å²) in [6.07, 6.45) is 7.31. The normalized spacial score (nSPS) is 28.9. The van der Waals surface area contributed by atoms with Gasteiger partial charge in [-0.2, -0.15) is 4.31 Å². The summed E-state index contributed by atoms with van der Waals surface area (Å²) in [6.45, 7) is 5.10. The topological polar surface area (TPSA) is 49.4 Å². The molecule has 1 N–H and O–H groups in total. The summed E-state index contributed by atoms with van der Waals surface area (Å²) >= 11 is 0. The standard InChI is InChI=1S/C14H28N2O2S/c1-3-14-9-6-12(2)16(14)19(17,18)11-5-4-10-15-13-7-8-13/h12-15H,3-11H2,1-2H3. The third-order valence-electron chi connectivity index (χ3n) is 4.34. The lowest BCUT2D eigenvalue weighted by Crippen LogP contribution is -2.41. The molecule has 0 aromatic heterocycles. The Bertz CT molecular complexity index is 379. The summed E-state index contributed by atoms with van der Waals surface area (Å²) in [5.41, 5.74) is 0. The van der Waals surface area contributed by atoms with Crippen molar-refractivity contribution in [3.05, 3.63) is 0 Å². The van der Waals surface area contributed by atoms with Gasteiger partial charge in [-0.15, -0.1) is 0 Å². The molecule has 0 radical (unpaired) electrons. The van der Waals surface area contributed by atoms with Crippen LogP contribution in [0, 0.1) is 0 Å². The van der Waals surface area contributed by atoms with Crippen molar-refractivity contribution in [3.8, 4) is 0 Å². The summed E-state index contributed by atoms with van der Waals surface area (Å²) in [7, 11) is -3.05. The molecular weight excluding hydrogens is 260 g/mol. The Morgan fingerprint density at radius 2 is 1.89 bits per heavy atom. The van der Waals surface area contributed by atoms with Crippen LogP contribution in [0.3, 0.4) is 0 Å². The van der Waals surface area contributed by atoms with Crippen LogP contribution in [0.25, 0.3) is 0 Å². The molecule has 2 aliphatic rings. The molecule has 0 spiro atoms. The van der Waals surface area contributed by atoms with Crippen LogP contribution in [-0.2, 0) is 10.0 Å². The van der Waals surface area contributed by atoms with Crippen molar-refractivity contribution in [1.82, 2.24) is 9.62 Å². The molecule has 0 bridgehead atoms. The fourth-order valence-corrected chi connectivity index (χ4v) is 5.18. The first-order valence-electron chi connectivity index (χ1n) is 7.79. The molecule has 1 aliphatic heterocycles. The van der Waals surface area contributed by atoms with Gasteiger partial charge in [-0.05, 0) is 58.4 Å². The minimum absolute atomic E-state index is 0.194. The van der Waals surface area contributed by atoms with E-state index in [2.05, 4.69) is 12.2 Å². The van der Waals surface area contributed by atoms with Crippen LogP contribution in [0.4, 0.5) is 0 Å². The van der Waals surface area contributed by atoms with E-state index in [4.69, 9.17) is 0 Å². The Balaban J connectivity index is 1.75. The molecule has 2 unspecified atom stereocenters. The smallest absolute Gasteiger partial charge is 0.214 e. The van der Waals surface area contributed by atoms with Gasteiger partial charge in [-0.1, -0.05) is 6.92 Å². The van der Waals surface area contributed by atoms with Crippen LogP contribution in [0.15, 0.2) is 0 Å². The second-order valence-corrected chi connectivity index (χ2v) is 8.06. The number of hydrogen-bond donors (Lipinski definition) is 1. The SMILES string of the molecule is CCC1CCC(C)N1S(=O)(=O)CCCCNC1CC1. The fourth-order valence-electron chi connectivity index (χ4n) is 3.04. The van der Waals surface area contributed by atoms with Crippen molar-refractivity contribution in [2.75, 3.05) is 12.3 Å². The molecule has 2 fully saturated rings. The number of unbranched alkanes of at least 4 members (excludes halogenated alkanes) is 1. The third kappa shape index (κ3) is 4.17. The van der Waals surface area contributed by atoms with E-state index in [1.54, 1.807) is 4.31 Å². The van der Waals surface area contributed by atoms with Gasteiger partial charge in [0, 0.05) is 18.1 Å². The number of hydrogen-bond acceptors (Lipinski definition) is 3. The summed E-state index contributed by atoms with van der Waals surface area (Å²) in [5.74, 6) is 0.320. The molecule has 2 rings (SSSR count). The van der Waals surface area contributed by atoms with Crippen LogP contribution in [-0.4, -0.2) is 43.1 Å². The number of nitrogens with one attached hydrogen (secondary N) is 1. The molecule has 19 heavy (non-hydrogen) atoms. The van der Waals surface area contributed by atoms with E-state index in [9.17, 15) is 8.42 Å². The van der Waals surface area contributed by atoms with E-state index in [0.717, 1.165) is 44.7 Å².